The maximum atomic E-state index is 5.56. The molecular weight excluding hydrogens is 184 g/mol. The van der Waals surface area contributed by atoms with Crippen LogP contribution in [0.2, 0.25) is 0 Å². The molecule has 0 saturated carbocycles. The summed E-state index contributed by atoms with van der Waals surface area (Å²) in [6, 6.07) is 8.50. The Morgan fingerprint density at radius 3 is 2.33 bits per heavy atom. The zero-order valence-corrected chi connectivity index (χ0v) is 9.87. The Balaban J connectivity index is 2.46. The van der Waals surface area contributed by atoms with Gasteiger partial charge in [-0.3, -0.25) is 0 Å². The number of rotatable bonds is 6. The molecule has 0 unspecified atom stereocenters. The van der Waals surface area contributed by atoms with E-state index in [1.165, 1.54) is 30.5 Å². The number of unbranched alkanes of at least 4 members (excludes halogenated alkanes) is 2. The van der Waals surface area contributed by atoms with Gasteiger partial charge in [0, 0.05) is 25.8 Å². The molecule has 84 valence electrons. The van der Waals surface area contributed by atoms with Gasteiger partial charge in [0.25, 0.3) is 0 Å². The zero-order valence-electron chi connectivity index (χ0n) is 9.87. The largest absolute Gasteiger partial charge is 0.375 e. The predicted octanol–water partition coefficient (Wildman–Crippen LogP) is 2.77. The van der Waals surface area contributed by atoms with E-state index in [0.29, 0.717) is 6.54 Å². The third kappa shape index (κ3) is 3.92. The number of nitrogens with zero attached hydrogens (tertiary/aromatic N) is 1. The summed E-state index contributed by atoms with van der Waals surface area (Å²) in [6.45, 7) is 3.99. The summed E-state index contributed by atoms with van der Waals surface area (Å²) in [4.78, 5) is 2.30. The fraction of sp³-hybridized carbons (Fsp3) is 0.538. The number of anilines is 1. The summed E-state index contributed by atoms with van der Waals surface area (Å²) in [7, 11) is 2.15. The van der Waals surface area contributed by atoms with Gasteiger partial charge >= 0.3 is 0 Å². The summed E-state index contributed by atoms with van der Waals surface area (Å²) in [5.74, 6) is 0. The molecule has 1 aromatic carbocycles. The van der Waals surface area contributed by atoms with Gasteiger partial charge in [-0.2, -0.15) is 0 Å². The van der Waals surface area contributed by atoms with E-state index in [0.717, 1.165) is 6.54 Å². The molecule has 0 radical (unpaired) electrons. The predicted molar refractivity (Wildman–Crippen MR) is 67.1 cm³/mol. The quantitative estimate of drug-likeness (QED) is 0.725. The summed E-state index contributed by atoms with van der Waals surface area (Å²) >= 11 is 0. The Labute approximate surface area is 93.1 Å². The molecule has 1 aromatic rings. The normalized spacial score (nSPS) is 10.3. The van der Waals surface area contributed by atoms with E-state index < -0.39 is 0 Å². The van der Waals surface area contributed by atoms with Crippen molar-refractivity contribution in [1.29, 1.82) is 0 Å². The van der Waals surface area contributed by atoms with Crippen molar-refractivity contribution >= 4 is 5.69 Å². The van der Waals surface area contributed by atoms with E-state index in [1.807, 2.05) is 0 Å². The van der Waals surface area contributed by atoms with Crippen LogP contribution in [0.4, 0.5) is 5.69 Å². The average molecular weight is 206 g/mol. The molecule has 2 heteroatoms. The monoisotopic (exact) mass is 206 g/mol. The number of hydrogen-bond acceptors (Lipinski definition) is 2. The fourth-order valence-electron chi connectivity index (χ4n) is 1.61. The van der Waals surface area contributed by atoms with Gasteiger partial charge in [0.15, 0.2) is 0 Å². The molecule has 0 aliphatic heterocycles. The smallest absolute Gasteiger partial charge is 0.0363 e. The highest BCUT2D eigenvalue weighted by Gasteiger charge is 1.99. The van der Waals surface area contributed by atoms with Gasteiger partial charge in [-0.25, -0.2) is 0 Å². The minimum atomic E-state index is 0.625. The molecule has 0 saturated heterocycles. The Kier molecular flexibility index (Phi) is 5.19. The highest BCUT2D eigenvalue weighted by molar-refractivity contribution is 5.46. The van der Waals surface area contributed by atoms with Crippen LogP contribution in [0.1, 0.15) is 31.7 Å². The molecule has 0 amide bonds. The first-order valence-corrected chi connectivity index (χ1v) is 5.78. The lowest BCUT2D eigenvalue weighted by Crippen LogP contribution is -2.18. The van der Waals surface area contributed by atoms with Crippen LogP contribution in [0.5, 0.6) is 0 Å². The molecule has 1 rings (SSSR count). The minimum Gasteiger partial charge on any atom is -0.375 e. The lowest BCUT2D eigenvalue weighted by Gasteiger charge is -2.19. The van der Waals surface area contributed by atoms with Crippen LogP contribution in [-0.4, -0.2) is 13.6 Å². The van der Waals surface area contributed by atoms with Crippen molar-refractivity contribution in [3.8, 4) is 0 Å². The molecule has 0 atom stereocenters. The first kappa shape index (κ1) is 12.1. The first-order valence-electron chi connectivity index (χ1n) is 5.78. The Hall–Kier alpha value is -1.02. The van der Waals surface area contributed by atoms with Gasteiger partial charge in [-0.1, -0.05) is 31.9 Å². The van der Waals surface area contributed by atoms with Crippen molar-refractivity contribution in [2.75, 3.05) is 18.5 Å². The van der Waals surface area contributed by atoms with Crippen LogP contribution in [0.25, 0.3) is 0 Å². The van der Waals surface area contributed by atoms with Gasteiger partial charge in [0.2, 0.25) is 0 Å². The number of hydrogen-bond donors (Lipinski definition) is 1. The highest BCUT2D eigenvalue weighted by Crippen LogP contribution is 2.14. The standard InChI is InChI=1S/C13H22N2/c1-3-4-5-10-15(2)13-8-6-12(11-14)7-9-13/h6-9H,3-5,10-11,14H2,1-2H3. The molecule has 0 aliphatic carbocycles. The van der Waals surface area contributed by atoms with Crippen molar-refractivity contribution in [2.45, 2.75) is 32.7 Å². The molecule has 0 fully saturated rings. The van der Waals surface area contributed by atoms with Gasteiger partial charge in [-0.05, 0) is 24.1 Å². The summed E-state index contributed by atoms with van der Waals surface area (Å²) in [6.07, 6.45) is 3.86. The van der Waals surface area contributed by atoms with Crippen LogP contribution < -0.4 is 10.6 Å². The summed E-state index contributed by atoms with van der Waals surface area (Å²) in [5, 5.41) is 0. The zero-order chi connectivity index (χ0) is 11.1. The van der Waals surface area contributed by atoms with Crippen LogP contribution in [-0.2, 0) is 6.54 Å². The highest BCUT2D eigenvalue weighted by atomic mass is 15.1. The third-order valence-corrected chi connectivity index (χ3v) is 2.71. The number of benzene rings is 1. The lowest BCUT2D eigenvalue weighted by molar-refractivity contribution is 0.705. The van der Waals surface area contributed by atoms with Crippen molar-refractivity contribution in [3.05, 3.63) is 29.8 Å². The fourth-order valence-corrected chi connectivity index (χ4v) is 1.61. The van der Waals surface area contributed by atoms with Crippen LogP contribution in [0.15, 0.2) is 24.3 Å². The second-order valence-electron chi connectivity index (χ2n) is 4.00. The summed E-state index contributed by atoms with van der Waals surface area (Å²) in [5.41, 5.74) is 8.04. The summed E-state index contributed by atoms with van der Waals surface area (Å²) < 4.78 is 0. The van der Waals surface area contributed by atoms with Crippen LogP contribution in [0.3, 0.4) is 0 Å². The van der Waals surface area contributed by atoms with E-state index in [4.69, 9.17) is 5.73 Å². The van der Waals surface area contributed by atoms with Gasteiger partial charge in [0.1, 0.15) is 0 Å². The van der Waals surface area contributed by atoms with Crippen molar-refractivity contribution < 1.29 is 0 Å². The SMILES string of the molecule is CCCCCN(C)c1ccc(CN)cc1. The average Bonchev–Trinajstić information content (AvgIpc) is 2.29. The van der Waals surface area contributed by atoms with E-state index >= 15 is 0 Å². The Morgan fingerprint density at radius 2 is 1.80 bits per heavy atom. The van der Waals surface area contributed by atoms with E-state index in [2.05, 4.69) is 43.1 Å². The molecular formula is C13H22N2. The molecule has 0 aliphatic rings. The number of nitrogens with two attached hydrogens (primary N) is 1. The molecule has 0 aromatic heterocycles. The van der Waals surface area contributed by atoms with Crippen LogP contribution >= 0.6 is 0 Å². The van der Waals surface area contributed by atoms with Gasteiger partial charge < -0.3 is 10.6 Å². The maximum absolute atomic E-state index is 5.56. The molecule has 2 nitrogen and oxygen atoms in total. The van der Waals surface area contributed by atoms with Gasteiger partial charge in [0.05, 0.1) is 0 Å². The molecule has 0 bridgehead atoms. The van der Waals surface area contributed by atoms with Crippen molar-refractivity contribution in [1.82, 2.24) is 0 Å². The van der Waals surface area contributed by atoms with Crippen molar-refractivity contribution in [3.63, 3.8) is 0 Å². The van der Waals surface area contributed by atoms with Crippen LogP contribution in [0, 0.1) is 0 Å². The lowest BCUT2D eigenvalue weighted by atomic mass is 10.2. The first-order chi connectivity index (χ1) is 7.27. The van der Waals surface area contributed by atoms with Crippen molar-refractivity contribution in [2.24, 2.45) is 5.73 Å². The van der Waals surface area contributed by atoms with Gasteiger partial charge in [-0.15, -0.1) is 0 Å². The van der Waals surface area contributed by atoms with E-state index in [9.17, 15) is 0 Å². The van der Waals surface area contributed by atoms with E-state index in [1.54, 1.807) is 0 Å². The molecule has 0 heterocycles. The maximum Gasteiger partial charge on any atom is 0.0363 e. The Morgan fingerprint density at radius 1 is 1.13 bits per heavy atom. The minimum absolute atomic E-state index is 0.625. The third-order valence-electron chi connectivity index (χ3n) is 2.71. The molecule has 2 N–H and O–H groups in total. The second kappa shape index (κ2) is 6.46. The second-order valence-corrected chi connectivity index (χ2v) is 4.00. The molecule has 0 spiro atoms. The molecule has 15 heavy (non-hydrogen) atoms. The van der Waals surface area contributed by atoms with E-state index in [-0.39, 0.29) is 0 Å². The topological polar surface area (TPSA) is 29.3 Å². The Bertz CT molecular complexity index is 266.